The monoisotopic (exact) mass is 587 g/mol. The zero-order valence-corrected chi connectivity index (χ0v) is 25.2. The summed E-state index contributed by atoms with van der Waals surface area (Å²) in [5.41, 5.74) is 13.5. The standard InChI is InChI=1S/C43H29N3/c44-28-29-25-32(27-33(26-29)45-40-17-7-2-12-35(40)36-13-3-8-18-41(36)45)30-21-23-31(24-22-30)34-11-1-6-16-39(34)46-42-19-9-4-14-37(42)38-15-5-10-20-43(38)46/h1-4,6-14,16-27H,5,15H2. The predicted molar refractivity (Wildman–Crippen MR) is 191 cm³/mol. The lowest BCUT2D eigenvalue weighted by Gasteiger charge is -2.17. The van der Waals surface area contributed by atoms with Crippen LogP contribution in [0.15, 0.2) is 146 Å². The van der Waals surface area contributed by atoms with Gasteiger partial charge in [-0.2, -0.15) is 5.26 Å². The molecule has 0 aliphatic heterocycles. The van der Waals surface area contributed by atoms with Crippen molar-refractivity contribution in [2.45, 2.75) is 12.8 Å². The van der Waals surface area contributed by atoms with Crippen molar-refractivity contribution in [2.24, 2.45) is 0 Å². The van der Waals surface area contributed by atoms with E-state index in [2.05, 4.69) is 155 Å². The van der Waals surface area contributed by atoms with Gasteiger partial charge in [0.2, 0.25) is 0 Å². The van der Waals surface area contributed by atoms with Crippen LogP contribution in [-0.4, -0.2) is 9.13 Å². The van der Waals surface area contributed by atoms with Crippen molar-refractivity contribution in [3.63, 3.8) is 0 Å². The first-order valence-electron chi connectivity index (χ1n) is 15.8. The minimum Gasteiger partial charge on any atom is -0.309 e. The highest BCUT2D eigenvalue weighted by Gasteiger charge is 2.20. The minimum atomic E-state index is 0.640. The largest absolute Gasteiger partial charge is 0.309 e. The molecule has 2 heterocycles. The van der Waals surface area contributed by atoms with Crippen LogP contribution < -0.4 is 0 Å². The molecular weight excluding hydrogens is 558 g/mol. The van der Waals surface area contributed by atoms with E-state index in [0.717, 1.165) is 46.3 Å². The number of aromatic nitrogens is 2. The lowest BCUT2D eigenvalue weighted by Crippen LogP contribution is -2.02. The van der Waals surface area contributed by atoms with Crippen molar-refractivity contribution in [3.8, 4) is 39.7 Å². The molecule has 9 rings (SSSR count). The molecule has 0 saturated heterocycles. The van der Waals surface area contributed by atoms with Crippen LogP contribution in [0.2, 0.25) is 0 Å². The van der Waals surface area contributed by atoms with Gasteiger partial charge in [0, 0.05) is 33.1 Å². The molecule has 216 valence electrons. The number of benzene rings is 6. The highest BCUT2D eigenvalue weighted by Crippen LogP contribution is 2.38. The van der Waals surface area contributed by atoms with Gasteiger partial charge in [-0.15, -0.1) is 0 Å². The third-order valence-corrected chi connectivity index (χ3v) is 9.42. The summed E-state index contributed by atoms with van der Waals surface area (Å²) in [7, 11) is 0. The van der Waals surface area contributed by atoms with E-state index in [9.17, 15) is 5.26 Å². The number of nitriles is 1. The molecule has 3 heteroatoms. The molecule has 0 unspecified atom stereocenters. The van der Waals surface area contributed by atoms with Crippen molar-refractivity contribution in [1.29, 1.82) is 5.26 Å². The molecule has 6 aromatic carbocycles. The van der Waals surface area contributed by atoms with Crippen LogP contribution in [0.25, 0.3) is 72.4 Å². The quantitative estimate of drug-likeness (QED) is 0.202. The lowest BCUT2D eigenvalue weighted by molar-refractivity contribution is 0.968. The Balaban J connectivity index is 1.16. The predicted octanol–water partition coefficient (Wildman–Crippen LogP) is 10.9. The number of fused-ring (bicyclic) bond motifs is 6. The number of hydrogen-bond acceptors (Lipinski definition) is 1. The van der Waals surface area contributed by atoms with Gasteiger partial charge in [-0.1, -0.05) is 103 Å². The van der Waals surface area contributed by atoms with Crippen LogP contribution in [0.1, 0.15) is 23.2 Å². The zero-order valence-electron chi connectivity index (χ0n) is 25.2. The second-order valence-corrected chi connectivity index (χ2v) is 12.0. The van der Waals surface area contributed by atoms with E-state index in [4.69, 9.17) is 0 Å². The van der Waals surface area contributed by atoms with Crippen molar-refractivity contribution < 1.29 is 0 Å². The zero-order chi connectivity index (χ0) is 30.6. The molecule has 0 fully saturated rings. The van der Waals surface area contributed by atoms with Gasteiger partial charge in [-0.25, -0.2) is 0 Å². The van der Waals surface area contributed by atoms with E-state index in [1.165, 1.54) is 44.2 Å². The molecule has 0 atom stereocenters. The fraction of sp³-hybridized carbons (Fsp3) is 0.0465. The third kappa shape index (κ3) is 4.05. The van der Waals surface area contributed by atoms with Crippen molar-refractivity contribution in [3.05, 3.63) is 162 Å². The molecule has 1 aliphatic rings. The number of aryl methyl sites for hydroxylation is 1. The van der Waals surface area contributed by atoms with E-state index in [0.29, 0.717) is 5.56 Å². The maximum Gasteiger partial charge on any atom is 0.0992 e. The number of nitrogens with zero attached hydrogens (tertiary/aromatic N) is 3. The normalized spacial score (nSPS) is 12.5. The molecule has 0 N–H and O–H groups in total. The number of para-hydroxylation sites is 4. The summed E-state index contributed by atoms with van der Waals surface area (Å²) >= 11 is 0. The molecule has 46 heavy (non-hydrogen) atoms. The molecule has 2 aromatic heterocycles. The average molecular weight is 588 g/mol. The summed E-state index contributed by atoms with van der Waals surface area (Å²) in [6.07, 6.45) is 6.72. The first-order chi connectivity index (χ1) is 22.8. The van der Waals surface area contributed by atoms with Gasteiger partial charge < -0.3 is 9.13 Å². The Morgan fingerprint density at radius 2 is 1.15 bits per heavy atom. The van der Waals surface area contributed by atoms with Gasteiger partial charge in [0.1, 0.15) is 0 Å². The lowest BCUT2D eigenvalue weighted by atomic mass is 9.97. The molecule has 3 nitrogen and oxygen atoms in total. The summed E-state index contributed by atoms with van der Waals surface area (Å²) in [4.78, 5) is 0. The molecule has 0 bridgehead atoms. The Morgan fingerprint density at radius 1 is 0.543 bits per heavy atom. The Kier molecular flexibility index (Phi) is 6.01. The molecule has 8 aromatic rings. The maximum atomic E-state index is 10.1. The summed E-state index contributed by atoms with van der Waals surface area (Å²) in [6, 6.07) is 51.8. The topological polar surface area (TPSA) is 33.6 Å². The van der Waals surface area contributed by atoms with Gasteiger partial charge in [-0.3, -0.25) is 0 Å². The van der Waals surface area contributed by atoms with E-state index < -0.39 is 0 Å². The molecule has 0 saturated carbocycles. The first-order valence-corrected chi connectivity index (χ1v) is 15.8. The van der Waals surface area contributed by atoms with Gasteiger partial charge >= 0.3 is 0 Å². The smallest absolute Gasteiger partial charge is 0.0992 e. The number of allylic oxidation sites excluding steroid dienone is 1. The second-order valence-electron chi connectivity index (χ2n) is 12.0. The van der Waals surface area contributed by atoms with Crippen LogP contribution in [0.5, 0.6) is 0 Å². The second kappa shape index (κ2) is 10.5. The molecule has 0 spiro atoms. The van der Waals surface area contributed by atoms with Gasteiger partial charge in [0.15, 0.2) is 0 Å². The molecule has 0 radical (unpaired) electrons. The summed E-state index contributed by atoms with van der Waals surface area (Å²) in [5, 5.41) is 13.8. The Bertz CT molecular complexity index is 2480. The highest BCUT2D eigenvalue weighted by molar-refractivity contribution is 6.09. The highest BCUT2D eigenvalue weighted by atomic mass is 15.0. The number of hydrogen-bond donors (Lipinski definition) is 0. The fourth-order valence-corrected chi connectivity index (χ4v) is 7.37. The maximum absolute atomic E-state index is 10.1. The van der Waals surface area contributed by atoms with Gasteiger partial charge in [0.05, 0.1) is 33.9 Å². The molecule has 1 aliphatic carbocycles. The van der Waals surface area contributed by atoms with E-state index in [-0.39, 0.29) is 0 Å². The first kappa shape index (κ1) is 26.3. The van der Waals surface area contributed by atoms with Crippen LogP contribution in [0.4, 0.5) is 0 Å². The van der Waals surface area contributed by atoms with Crippen LogP contribution >= 0.6 is 0 Å². The Morgan fingerprint density at radius 3 is 1.87 bits per heavy atom. The minimum absolute atomic E-state index is 0.640. The van der Waals surface area contributed by atoms with Crippen molar-refractivity contribution in [2.75, 3.05) is 0 Å². The van der Waals surface area contributed by atoms with Gasteiger partial charge in [0.25, 0.3) is 0 Å². The third-order valence-electron chi connectivity index (χ3n) is 9.42. The van der Waals surface area contributed by atoms with E-state index in [1.807, 2.05) is 12.1 Å². The molecular formula is C43H29N3. The van der Waals surface area contributed by atoms with Crippen LogP contribution in [-0.2, 0) is 6.42 Å². The summed E-state index contributed by atoms with van der Waals surface area (Å²) < 4.78 is 4.70. The summed E-state index contributed by atoms with van der Waals surface area (Å²) in [6.45, 7) is 0. The number of rotatable bonds is 4. The summed E-state index contributed by atoms with van der Waals surface area (Å²) in [5.74, 6) is 0. The SMILES string of the molecule is N#Cc1cc(-c2ccc(-c3ccccc3-n3c4c(c5ccccc53)CCC=C4)cc2)cc(-n2c3ccccc3c3ccccc32)c1. The van der Waals surface area contributed by atoms with Crippen molar-refractivity contribution >= 4 is 38.8 Å². The van der Waals surface area contributed by atoms with Gasteiger partial charge in [-0.05, 0) is 83.6 Å². The Hall–Kier alpha value is -6.11. The Labute approximate surface area is 267 Å². The van der Waals surface area contributed by atoms with Crippen molar-refractivity contribution in [1.82, 2.24) is 9.13 Å². The average Bonchev–Trinajstić information content (AvgIpc) is 3.65. The van der Waals surface area contributed by atoms with Crippen LogP contribution in [0.3, 0.4) is 0 Å². The van der Waals surface area contributed by atoms with Crippen LogP contribution in [0, 0.1) is 11.3 Å². The molecule has 0 amide bonds. The fourth-order valence-electron chi connectivity index (χ4n) is 7.37. The van der Waals surface area contributed by atoms with E-state index in [1.54, 1.807) is 0 Å². The van der Waals surface area contributed by atoms with E-state index >= 15 is 0 Å².